The molecular weight excluding hydrogens is 461 g/mol. The third-order valence-electron chi connectivity index (χ3n) is 5.99. The number of carbonyl (C=O) groups excluding carboxylic acids is 2. The highest BCUT2D eigenvalue weighted by atomic mass is 19.4. The van der Waals surface area contributed by atoms with E-state index in [1.54, 1.807) is 34.4 Å². The summed E-state index contributed by atoms with van der Waals surface area (Å²) in [6.45, 7) is 4.44. The molecular formula is C25H25F3N4O3. The minimum absolute atomic E-state index is 0.316. The molecule has 3 aromatic rings. The van der Waals surface area contributed by atoms with Crippen LogP contribution in [0.3, 0.4) is 0 Å². The van der Waals surface area contributed by atoms with Crippen LogP contribution >= 0.6 is 0 Å². The van der Waals surface area contributed by atoms with Gasteiger partial charge in [0.1, 0.15) is 5.56 Å². The second-order valence-electron chi connectivity index (χ2n) is 8.29. The van der Waals surface area contributed by atoms with E-state index in [1.165, 1.54) is 6.07 Å². The van der Waals surface area contributed by atoms with Crippen LogP contribution in [0, 0.1) is 13.8 Å². The van der Waals surface area contributed by atoms with Crippen LogP contribution in [0.5, 0.6) is 0 Å². The number of amides is 1. The predicted molar refractivity (Wildman–Crippen MR) is 124 cm³/mol. The minimum atomic E-state index is -4.41. The molecule has 10 heteroatoms. The number of esters is 1. The molecule has 2 heterocycles. The van der Waals surface area contributed by atoms with Crippen LogP contribution in [0.4, 0.5) is 18.9 Å². The van der Waals surface area contributed by atoms with Crippen molar-refractivity contribution in [1.29, 1.82) is 0 Å². The Kier molecular flexibility index (Phi) is 6.81. The zero-order valence-corrected chi connectivity index (χ0v) is 19.4. The van der Waals surface area contributed by atoms with Crippen molar-refractivity contribution in [2.24, 2.45) is 0 Å². The van der Waals surface area contributed by atoms with E-state index < -0.39 is 24.3 Å². The fraction of sp³-hybridized carbons (Fsp3) is 0.320. The second-order valence-corrected chi connectivity index (χ2v) is 8.29. The van der Waals surface area contributed by atoms with Gasteiger partial charge in [-0.2, -0.15) is 18.3 Å². The number of piperazine rings is 1. The molecule has 1 saturated heterocycles. The molecule has 1 aliphatic heterocycles. The fourth-order valence-electron chi connectivity index (χ4n) is 4.14. The molecule has 1 fully saturated rings. The number of benzene rings is 2. The Hall–Kier alpha value is -3.82. The number of carbonyl (C=O) groups is 2. The highest BCUT2D eigenvalue weighted by Gasteiger charge is 2.31. The van der Waals surface area contributed by atoms with Crippen molar-refractivity contribution in [3.8, 4) is 5.69 Å². The average molecular weight is 486 g/mol. The van der Waals surface area contributed by atoms with Gasteiger partial charge < -0.3 is 14.5 Å². The quantitative estimate of drug-likeness (QED) is 0.510. The van der Waals surface area contributed by atoms with Crippen molar-refractivity contribution < 1.29 is 27.5 Å². The van der Waals surface area contributed by atoms with Crippen LogP contribution in [0.2, 0.25) is 0 Å². The minimum Gasteiger partial charge on any atom is -0.452 e. The van der Waals surface area contributed by atoms with Crippen molar-refractivity contribution >= 4 is 17.6 Å². The summed E-state index contributed by atoms with van der Waals surface area (Å²) >= 11 is 0. The summed E-state index contributed by atoms with van der Waals surface area (Å²) in [5.74, 6) is -0.981. The SMILES string of the molecule is Cc1nn(-c2ccccc2)c(C)c1C(=O)OCC(=O)N1CCN(c2cccc(C(F)(F)F)c2)CC1. The molecule has 1 aliphatic rings. The summed E-state index contributed by atoms with van der Waals surface area (Å²) in [4.78, 5) is 28.7. The molecule has 0 saturated carbocycles. The topological polar surface area (TPSA) is 67.7 Å². The number of hydrogen-bond acceptors (Lipinski definition) is 5. The van der Waals surface area contributed by atoms with Gasteiger partial charge in [-0.3, -0.25) is 4.79 Å². The van der Waals surface area contributed by atoms with Gasteiger partial charge in [0.25, 0.3) is 5.91 Å². The van der Waals surface area contributed by atoms with E-state index in [2.05, 4.69) is 5.10 Å². The lowest BCUT2D eigenvalue weighted by Gasteiger charge is -2.36. The molecule has 0 spiro atoms. The first-order chi connectivity index (χ1) is 16.6. The summed E-state index contributed by atoms with van der Waals surface area (Å²) in [5, 5.41) is 4.42. The van der Waals surface area contributed by atoms with Gasteiger partial charge in [-0.15, -0.1) is 0 Å². The van der Waals surface area contributed by atoms with Crippen molar-refractivity contribution in [3.63, 3.8) is 0 Å². The maximum Gasteiger partial charge on any atom is 0.416 e. The van der Waals surface area contributed by atoms with Crippen LogP contribution in [0.25, 0.3) is 5.69 Å². The van der Waals surface area contributed by atoms with Gasteiger partial charge >= 0.3 is 12.1 Å². The first-order valence-electron chi connectivity index (χ1n) is 11.1. The van der Waals surface area contributed by atoms with E-state index >= 15 is 0 Å². The van der Waals surface area contributed by atoms with Crippen molar-refractivity contribution in [1.82, 2.24) is 14.7 Å². The van der Waals surface area contributed by atoms with E-state index in [0.717, 1.165) is 17.8 Å². The predicted octanol–water partition coefficient (Wildman–Crippen LogP) is 4.01. The fourth-order valence-corrected chi connectivity index (χ4v) is 4.14. The van der Waals surface area contributed by atoms with Crippen molar-refractivity contribution in [2.45, 2.75) is 20.0 Å². The number of aryl methyl sites for hydroxylation is 1. The van der Waals surface area contributed by atoms with Gasteiger partial charge in [0.05, 0.1) is 22.6 Å². The largest absolute Gasteiger partial charge is 0.452 e. The molecule has 1 amide bonds. The maximum atomic E-state index is 13.0. The lowest BCUT2D eigenvalue weighted by Crippen LogP contribution is -2.50. The summed E-state index contributed by atoms with van der Waals surface area (Å²) in [7, 11) is 0. The van der Waals surface area contributed by atoms with E-state index in [9.17, 15) is 22.8 Å². The normalized spacial score (nSPS) is 14.2. The van der Waals surface area contributed by atoms with Gasteiger partial charge in [0, 0.05) is 31.9 Å². The number of ether oxygens (including phenoxy) is 1. The van der Waals surface area contributed by atoms with Crippen molar-refractivity contribution in [3.05, 3.63) is 77.1 Å². The van der Waals surface area contributed by atoms with E-state index in [4.69, 9.17) is 4.74 Å². The van der Waals surface area contributed by atoms with E-state index in [-0.39, 0.29) is 5.91 Å². The smallest absolute Gasteiger partial charge is 0.416 e. The monoisotopic (exact) mass is 486 g/mol. The number of nitrogens with zero attached hydrogens (tertiary/aromatic N) is 4. The number of aromatic nitrogens is 2. The van der Waals surface area contributed by atoms with E-state index in [0.29, 0.717) is 48.8 Å². The van der Waals surface area contributed by atoms with Crippen LogP contribution in [-0.2, 0) is 15.7 Å². The second kappa shape index (κ2) is 9.81. The molecule has 35 heavy (non-hydrogen) atoms. The lowest BCUT2D eigenvalue weighted by atomic mass is 10.1. The number of para-hydroxylation sites is 1. The number of hydrogen-bond donors (Lipinski definition) is 0. The molecule has 2 aromatic carbocycles. The third-order valence-corrected chi connectivity index (χ3v) is 5.99. The average Bonchev–Trinajstić information content (AvgIpc) is 3.16. The zero-order chi connectivity index (χ0) is 25.2. The Labute approximate surface area is 200 Å². The number of alkyl halides is 3. The molecule has 0 radical (unpaired) electrons. The Morgan fingerprint density at radius 2 is 1.60 bits per heavy atom. The first kappa shape index (κ1) is 24.3. The third kappa shape index (κ3) is 5.31. The lowest BCUT2D eigenvalue weighted by molar-refractivity contribution is -0.137. The standard InChI is InChI=1S/C25H25F3N4O3/c1-17-23(18(2)32(29-17)20-8-4-3-5-9-20)24(34)35-16-22(33)31-13-11-30(12-14-31)21-10-6-7-19(15-21)25(26,27)28/h3-10,15H,11-14,16H2,1-2H3. The Bertz CT molecular complexity index is 1220. The Balaban J connectivity index is 1.33. The van der Waals surface area contributed by atoms with Crippen LogP contribution in [-0.4, -0.2) is 59.3 Å². The molecule has 0 atom stereocenters. The number of halogens is 3. The Morgan fingerprint density at radius 3 is 2.26 bits per heavy atom. The highest BCUT2D eigenvalue weighted by molar-refractivity contribution is 5.93. The Morgan fingerprint density at radius 1 is 0.943 bits per heavy atom. The van der Waals surface area contributed by atoms with Gasteiger partial charge in [0.2, 0.25) is 0 Å². The van der Waals surface area contributed by atoms with Gasteiger partial charge in [-0.25, -0.2) is 9.48 Å². The van der Waals surface area contributed by atoms with E-state index in [1.807, 2.05) is 30.3 Å². The number of anilines is 1. The van der Waals surface area contributed by atoms with Crippen LogP contribution in [0.15, 0.2) is 54.6 Å². The molecule has 7 nitrogen and oxygen atoms in total. The summed E-state index contributed by atoms with van der Waals surface area (Å²) < 4.78 is 45.9. The molecule has 0 unspecified atom stereocenters. The van der Waals surface area contributed by atoms with Gasteiger partial charge in [0.15, 0.2) is 6.61 Å². The van der Waals surface area contributed by atoms with Crippen LogP contribution < -0.4 is 4.90 Å². The molecule has 0 bridgehead atoms. The summed E-state index contributed by atoms with van der Waals surface area (Å²) in [6, 6.07) is 14.5. The maximum absolute atomic E-state index is 13.0. The summed E-state index contributed by atoms with van der Waals surface area (Å²) in [5.41, 5.74) is 1.98. The molecule has 1 aromatic heterocycles. The highest BCUT2D eigenvalue weighted by Crippen LogP contribution is 2.32. The molecule has 4 rings (SSSR count). The molecule has 184 valence electrons. The van der Waals surface area contributed by atoms with Gasteiger partial charge in [-0.05, 0) is 44.2 Å². The van der Waals surface area contributed by atoms with Crippen LogP contribution in [0.1, 0.15) is 27.3 Å². The van der Waals surface area contributed by atoms with Gasteiger partial charge in [-0.1, -0.05) is 24.3 Å². The zero-order valence-electron chi connectivity index (χ0n) is 19.4. The number of rotatable bonds is 5. The summed E-state index contributed by atoms with van der Waals surface area (Å²) in [6.07, 6.45) is -4.41. The van der Waals surface area contributed by atoms with Crippen molar-refractivity contribution in [2.75, 3.05) is 37.7 Å². The molecule has 0 aliphatic carbocycles. The molecule has 0 N–H and O–H groups in total. The first-order valence-corrected chi connectivity index (χ1v) is 11.1.